The van der Waals surface area contributed by atoms with Gasteiger partial charge in [0.15, 0.2) is 0 Å². The second-order valence-corrected chi connectivity index (χ2v) is 8.05. The summed E-state index contributed by atoms with van der Waals surface area (Å²) in [5.74, 6) is -0.0516. The zero-order valence-corrected chi connectivity index (χ0v) is 17.2. The lowest BCUT2D eigenvalue weighted by molar-refractivity contribution is -0.116. The summed E-state index contributed by atoms with van der Waals surface area (Å²) in [6.07, 6.45) is 4.46. The van der Waals surface area contributed by atoms with Crippen LogP contribution in [0.2, 0.25) is 0 Å². The SMILES string of the molecule is CN(C)CCCNC(=O)/C=C/c1ccccc1Sc1ccc2ccccc2c1. The number of carbonyl (C=O) groups excluding carboxylic acids is 1. The van der Waals surface area contributed by atoms with E-state index in [0.717, 1.165) is 23.4 Å². The first kappa shape index (κ1) is 20.2. The topological polar surface area (TPSA) is 32.3 Å². The molecule has 0 saturated heterocycles. The summed E-state index contributed by atoms with van der Waals surface area (Å²) in [5, 5.41) is 5.41. The number of fused-ring (bicyclic) bond motifs is 1. The van der Waals surface area contributed by atoms with Crippen molar-refractivity contribution in [2.24, 2.45) is 0 Å². The van der Waals surface area contributed by atoms with E-state index >= 15 is 0 Å². The highest BCUT2D eigenvalue weighted by atomic mass is 32.2. The molecule has 0 radical (unpaired) electrons. The van der Waals surface area contributed by atoms with Crippen molar-refractivity contribution in [2.45, 2.75) is 16.2 Å². The normalized spacial score (nSPS) is 11.4. The van der Waals surface area contributed by atoms with Crippen molar-refractivity contribution in [3.8, 4) is 0 Å². The monoisotopic (exact) mass is 390 g/mol. The van der Waals surface area contributed by atoms with Gasteiger partial charge in [-0.3, -0.25) is 4.79 Å². The van der Waals surface area contributed by atoms with Gasteiger partial charge in [-0.25, -0.2) is 0 Å². The van der Waals surface area contributed by atoms with Gasteiger partial charge in [0.2, 0.25) is 5.91 Å². The molecule has 0 heterocycles. The zero-order chi connectivity index (χ0) is 19.8. The molecule has 0 atom stereocenters. The van der Waals surface area contributed by atoms with E-state index in [9.17, 15) is 4.79 Å². The lowest BCUT2D eigenvalue weighted by atomic mass is 10.1. The van der Waals surface area contributed by atoms with Gasteiger partial charge < -0.3 is 10.2 Å². The molecule has 3 nitrogen and oxygen atoms in total. The predicted molar refractivity (Wildman–Crippen MR) is 120 cm³/mol. The first-order valence-electron chi connectivity index (χ1n) is 9.48. The fraction of sp³-hybridized carbons (Fsp3) is 0.208. The summed E-state index contributed by atoms with van der Waals surface area (Å²) in [6.45, 7) is 1.66. The smallest absolute Gasteiger partial charge is 0.244 e. The van der Waals surface area contributed by atoms with Gasteiger partial charge in [0, 0.05) is 22.4 Å². The zero-order valence-electron chi connectivity index (χ0n) is 16.4. The minimum Gasteiger partial charge on any atom is -0.353 e. The third kappa shape index (κ3) is 5.98. The average molecular weight is 391 g/mol. The molecule has 0 aliphatic carbocycles. The van der Waals surface area contributed by atoms with E-state index in [1.165, 1.54) is 15.7 Å². The molecule has 0 spiro atoms. The van der Waals surface area contributed by atoms with Crippen molar-refractivity contribution in [1.29, 1.82) is 0 Å². The molecule has 3 aromatic carbocycles. The number of nitrogens with zero attached hydrogens (tertiary/aromatic N) is 1. The third-order valence-corrected chi connectivity index (χ3v) is 5.44. The van der Waals surface area contributed by atoms with E-state index < -0.39 is 0 Å². The molecule has 0 unspecified atom stereocenters. The molecule has 3 aromatic rings. The Hall–Kier alpha value is -2.56. The molecule has 0 fully saturated rings. The van der Waals surface area contributed by atoms with Crippen LogP contribution in [0.25, 0.3) is 16.8 Å². The van der Waals surface area contributed by atoms with Crippen LogP contribution in [0, 0.1) is 0 Å². The molecule has 0 aromatic heterocycles. The fourth-order valence-corrected chi connectivity index (χ4v) is 3.88. The van der Waals surface area contributed by atoms with Crippen LogP contribution >= 0.6 is 11.8 Å². The van der Waals surface area contributed by atoms with Crippen molar-refractivity contribution in [1.82, 2.24) is 10.2 Å². The highest BCUT2D eigenvalue weighted by Gasteiger charge is 2.04. The number of amides is 1. The van der Waals surface area contributed by atoms with E-state index in [2.05, 4.69) is 58.7 Å². The summed E-state index contributed by atoms with van der Waals surface area (Å²) >= 11 is 1.72. The Morgan fingerprint density at radius 2 is 1.75 bits per heavy atom. The Kier molecular flexibility index (Phi) is 7.29. The summed E-state index contributed by atoms with van der Waals surface area (Å²) < 4.78 is 0. The quantitative estimate of drug-likeness (QED) is 0.430. The van der Waals surface area contributed by atoms with Gasteiger partial charge in [-0.2, -0.15) is 0 Å². The maximum absolute atomic E-state index is 12.1. The average Bonchev–Trinajstić information content (AvgIpc) is 2.70. The number of hydrogen-bond acceptors (Lipinski definition) is 3. The van der Waals surface area contributed by atoms with E-state index in [1.807, 2.05) is 38.4 Å². The van der Waals surface area contributed by atoms with Gasteiger partial charge in [-0.05, 0) is 67.7 Å². The van der Waals surface area contributed by atoms with Gasteiger partial charge in [0.05, 0.1) is 0 Å². The highest BCUT2D eigenvalue weighted by Crippen LogP contribution is 2.32. The van der Waals surface area contributed by atoms with E-state index in [-0.39, 0.29) is 5.91 Å². The predicted octanol–water partition coefficient (Wildman–Crippen LogP) is 5.07. The van der Waals surface area contributed by atoms with Crippen molar-refractivity contribution in [3.63, 3.8) is 0 Å². The van der Waals surface area contributed by atoms with E-state index in [0.29, 0.717) is 6.54 Å². The Morgan fingerprint density at radius 3 is 2.57 bits per heavy atom. The molecule has 144 valence electrons. The van der Waals surface area contributed by atoms with Crippen molar-refractivity contribution >= 4 is 34.5 Å². The minimum absolute atomic E-state index is 0.0516. The fourth-order valence-electron chi connectivity index (χ4n) is 2.90. The van der Waals surface area contributed by atoms with E-state index in [4.69, 9.17) is 0 Å². The highest BCUT2D eigenvalue weighted by molar-refractivity contribution is 7.99. The van der Waals surface area contributed by atoms with Crippen molar-refractivity contribution < 1.29 is 4.79 Å². The molecule has 0 bridgehead atoms. The molecule has 0 aliphatic heterocycles. The molecule has 28 heavy (non-hydrogen) atoms. The number of carbonyl (C=O) groups is 1. The van der Waals surface area contributed by atoms with Crippen LogP contribution in [0.15, 0.2) is 82.6 Å². The third-order valence-electron chi connectivity index (χ3n) is 4.36. The molecular weight excluding hydrogens is 364 g/mol. The molecule has 1 amide bonds. The van der Waals surface area contributed by atoms with Gasteiger partial charge in [0.1, 0.15) is 0 Å². The minimum atomic E-state index is -0.0516. The second kappa shape index (κ2) is 10.1. The van der Waals surface area contributed by atoms with E-state index in [1.54, 1.807) is 17.8 Å². The van der Waals surface area contributed by atoms with Crippen LogP contribution in [-0.2, 0) is 4.79 Å². The molecule has 1 N–H and O–H groups in total. The lowest BCUT2D eigenvalue weighted by Gasteiger charge is -2.09. The van der Waals surface area contributed by atoms with Gasteiger partial charge in [-0.1, -0.05) is 60.3 Å². The first-order chi connectivity index (χ1) is 13.6. The summed E-state index contributed by atoms with van der Waals surface area (Å²) in [7, 11) is 4.07. The maximum Gasteiger partial charge on any atom is 0.244 e. The molecule has 0 aliphatic rings. The van der Waals surface area contributed by atoms with Crippen LogP contribution in [0.1, 0.15) is 12.0 Å². The van der Waals surface area contributed by atoms with Crippen LogP contribution < -0.4 is 5.32 Å². The lowest BCUT2D eigenvalue weighted by Crippen LogP contribution is -2.25. The first-order valence-corrected chi connectivity index (χ1v) is 10.3. The molecule has 3 rings (SSSR count). The standard InChI is InChI=1S/C24H26N2OS/c1-26(2)17-7-16-25-24(27)15-13-20-9-5-6-11-23(20)28-22-14-12-19-8-3-4-10-21(19)18-22/h3-6,8-15,18H,7,16-17H2,1-2H3,(H,25,27)/b15-13+. The van der Waals surface area contributed by atoms with Crippen LogP contribution in [0.3, 0.4) is 0 Å². The maximum atomic E-state index is 12.1. The molecular formula is C24H26N2OS. The number of rotatable bonds is 8. The summed E-state index contributed by atoms with van der Waals surface area (Å²) in [4.78, 5) is 16.5. The summed E-state index contributed by atoms with van der Waals surface area (Å²) in [6, 6.07) is 23.0. The largest absolute Gasteiger partial charge is 0.353 e. The van der Waals surface area contributed by atoms with Gasteiger partial charge in [-0.15, -0.1) is 0 Å². The Balaban J connectivity index is 1.66. The molecule has 0 saturated carbocycles. The van der Waals surface area contributed by atoms with Crippen molar-refractivity contribution in [3.05, 3.63) is 78.4 Å². The Labute approximate surface area is 171 Å². The number of hydrogen-bond donors (Lipinski definition) is 1. The number of nitrogens with one attached hydrogen (secondary N) is 1. The van der Waals surface area contributed by atoms with Crippen LogP contribution in [0.5, 0.6) is 0 Å². The number of benzene rings is 3. The molecule has 4 heteroatoms. The Morgan fingerprint density at radius 1 is 1.00 bits per heavy atom. The van der Waals surface area contributed by atoms with Gasteiger partial charge >= 0.3 is 0 Å². The van der Waals surface area contributed by atoms with Crippen molar-refractivity contribution in [2.75, 3.05) is 27.2 Å². The van der Waals surface area contributed by atoms with Crippen LogP contribution in [-0.4, -0.2) is 38.0 Å². The Bertz CT molecular complexity index is 965. The van der Waals surface area contributed by atoms with Crippen LogP contribution in [0.4, 0.5) is 0 Å². The summed E-state index contributed by atoms with van der Waals surface area (Å²) in [5.41, 5.74) is 1.05. The second-order valence-electron chi connectivity index (χ2n) is 6.93. The van der Waals surface area contributed by atoms with Gasteiger partial charge in [0.25, 0.3) is 0 Å².